The molecule has 0 heterocycles. The van der Waals surface area contributed by atoms with Crippen LogP contribution in [0.2, 0.25) is 0 Å². The standard InChI is InChI=1S/C7H15NO2/c1-5(2)7(10)8-4-6(3)9/h6-10H,1,4H2,2-3H3. The van der Waals surface area contributed by atoms with Crippen molar-refractivity contribution in [3.8, 4) is 0 Å². The Kier molecular flexibility index (Phi) is 4.27. The van der Waals surface area contributed by atoms with Crippen LogP contribution in [0.15, 0.2) is 12.2 Å². The van der Waals surface area contributed by atoms with Crippen LogP contribution in [0.4, 0.5) is 0 Å². The Labute approximate surface area is 61.4 Å². The van der Waals surface area contributed by atoms with Gasteiger partial charge in [0.15, 0.2) is 0 Å². The second-order valence-electron chi connectivity index (χ2n) is 2.51. The number of hydrogen-bond acceptors (Lipinski definition) is 3. The van der Waals surface area contributed by atoms with Crippen LogP contribution in [0, 0.1) is 0 Å². The van der Waals surface area contributed by atoms with Gasteiger partial charge in [0.2, 0.25) is 0 Å². The van der Waals surface area contributed by atoms with Crippen molar-refractivity contribution in [3.05, 3.63) is 12.2 Å². The van der Waals surface area contributed by atoms with Gasteiger partial charge in [0.25, 0.3) is 0 Å². The molecule has 0 spiro atoms. The molecule has 0 bridgehead atoms. The highest BCUT2D eigenvalue weighted by molar-refractivity contribution is 4.94. The summed E-state index contributed by atoms with van der Waals surface area (Å²) in [5.41, 5.74) is 0.653. The zero-order valence-electron chi connectivity index (χ0n) is 6.46. The molecule has 0 aliphatic carbocycles. The molecule has 3 heteroatoms. The first kappa shape index (κ1) is 9.62. The van der Waals surface area contributed by atoms with Crippen LogP contribution in [0.3, 0.4) is 0 Å². The molecular formula is C7H15NO2. The average molecular weight is 145 g/mol. The van der Waals surface area contributed by atoms with Gasteiger partial charge in [-0.15, -0.1) is 0 Å². The quantitative estimate of drug-likeness (QED) is 0.381. The lowest BCUT2D eigenvalue weighted by Crippen LogP contribution is -2.34. The zero-order chi connectivity index (χ0) is 8.15. The van der Waals surface area contributed by atoms with Gasteiger partial charge in [0.05, 0.1) is 6.10 Å². The van der Waals surface area contributed by atoms with E-state index >= 15 is 0 Å². The average Bonchev–Trinajstić information content (AvgIpc) is 1.82. The third-order valence-electron chi connectivity index (χ3n) is 1.07. The van der Waals surface area contributed by atoms with E-state index in [0.717, 1.165) is 0 Å². The first-order valence-corrected chi connectivity index (χ1v) is 3.29. The van der Waals surface area contributed by atoms with Gasteiger partial charge >= 0.3 is 0 Å². The van der Waals surface area contributed by atoms with E-state index in [1.807, 2.05) is 0 Å². The van der Waals surface area contributed by atoms with E-state index in [1.165, 1.54) is 0 Å². The summed E-state index contributed by atoms with van der Waals surface area (Å²) < 4.78 is 0. The number of aliphatic hydroxyl groups is 2. The maximum absolute atomic E-state index is 9.05. The van der Waals surface area contributed by atoms with Crippen molar-refractivity contribution in [2.24, 2.45) is 0 Å². The lowest BCUT2D eigenvalue weighted by molar-refractivity contribution is 0.132. The van der Waals surface area contributed by atoms with Crippen molar-refractivity contribution in [3.63, 3.8) is 0 Å². The van der Waals surface area contributed by atoms with E-state index < -0.39 is 12.3 Å². The molecule has 2 unspecified atom stereocenters. The summed E-state index contributed by atoms with van der Waals surface area (Å²) in [5, 5.41) is 20.5. The molecule has 0 aromatic rings. The maximum atomic E-state index is 9.05. The minimum atomic E-state index is -0.699. The second kappa shape index (κ2) is 4.44. The maximum Gasteiger partial charge on any atom is 0.126 e. The largest absolute Gasteiger partial charge is 0.392 e. The summed E-state index contributed by atoms with van der Waals surface area (Å²) in [7, 11) is 0. The third kappa shape index (κ3) is 4.49. The fraction of sp³-hybridized carbons (Fsp3) is 0.714. The topological polar surface area (TPSA) is 52.5 Å². The summed E-state index contributed by atoms with van der Waals surface area (Å²) in [6, 6.07) is 0. The fourth-order valence-electron chi connectivity index (χ4n) is 0.456. The summed E-state index contributed by atoms with van der Waals surface area (Å²) in [6.45, 7) is 7.29. The molecule has 0 fully saturated rings. The van der Waals surface area contributed by atoms with Crippen LogP contribution in [0.5, 0.6) is 0 Å². The predicted octanol–water partition coefficient (Wildman–Crippen LogP) is -0.149. The van der Waals surface area contributed by atoms with Gasteiger partial charge in [-0.2, -0.15) is 0 Å². The minimum absolute atomic E-state index is 0.383. The van der Waals surface area contributed by atoms with Crippen LogP contribution in [-0.2, 0) is 0 Å². The SMILES string of the molecule is C=C(C)C(O)NCC(C)O. The van der Waals surface area contributed by atoms with Crippen molar-refractivity contribution < 1.29 is 10.2 Å². The van der Waals surface area contributed by atoms with E-state index in [2.05, 4.69) is 11.9 Å². The summed E-state index contributed by atoms with van der Waals surface area (Å²) in [4.78, 5) is 0. The lowest BCUT2D eigenvalue weighted by atomic mass is 10.3. The Bertz CT molecular complexity index is 112. The highest BCUT2D eigenvalue weighted by Crippen LogP contribution is 1.92. The number of hydrogen-bond donors (Lipinski definition) is 3. The van der Waals surface area contributed by atoms with E-state index in [1.54, 1.807) is 13.8 Å². The molecule has 0 aromatic heterocycles. The molecule has 0 aliphatic heterocycles. The third-order valence-corrected chi connectivity index (χ3v) is 1.07. The molecule has 3 nitrogen and oxygen atoms in total. The van der Waals surface area contributed by atoms with Crippen LogP contribution in [0.1, 0.15) is 13.8 Å². The van der Waals surface area contributed by atoms with Gasteiger partial charge in [-0.05, 0) is 19.4 Å². The van der Waals surface area contributed by atoms with Crippen LogP contribution >= 0.6 is 0 Å². The molecule has 0 saturated carbocycles. The smallest absolute Gasteiger partial charge is 0.126 e. The van der Waals surface area contributed by atoms with Gasteiger partial charge in [-0.25, -0.2) is 0 Å². The summed E-state index contributed by atoms with van der Waals surface area (Å²) in [5.74, 6) is 0. The Balaban J connectivity index is 3.40. The molecule has 10 heavy (non-hydrogen) atoms. The lowest BCUT2D eigenvalue weighted by Gasteiger charge is -2.13. The van der Waals surface area contributed by atoms with Crippen molar-refractivity contribution in [1.29, 1.82) is 0 Å². The molecule has 0 radical (unpaired) electrons. The van der Waals surface area contributed by atoms with Crippen molar-refractivity contribution in [2.75, 3.05) is 6.54 Å². The highest BCUT2D eigenvalue weighted by atomic mass is 16.3. The fourth-order valence-corrected chi connectivity index (χ4v) is 0.456. The summed E-state index contributed by atoms with van der Waals surface area (Å²) >= 11 is 0. The van der Waals surface area contributed by atoms with Gasteiger partial charge < -0.3 is 10.2 Å². The first-order chi connectivity index (χ1) is 4.54. The Morgan fingerprint density at radius 1 is 1.60 bits per heavy atom. The molecule has 0 rings (SSSR count). The van der Waals surface area contributed by atoms with Crippen molar-refractivity contribution in [1.82, 2.24) is 5.32 Å². The minimum Gasteiger partial charge on any atom is -0.392 e. The number of nitrogens with one attached hydrogen (secondary N) is 1. The molecule has 0 aromatic carbocycles. The molecule has 60 valence electrons. The highest BCUT2D eigenvalue weighted by Gasteiger charge is 2.03. The molecule has 0 amide bonds. The Hall–Kier alpha value is -0.380. The van der Waals surface area contributed by atoms with Gasteiger partial charge in [-0.3, -0.25) is 5.32 Å². The summed E-state index contributed by atoms with van der Waals surface area (Å²) in [6.07, 6.45) is -1.14. The first-order valence-electron chi connectivity index (χ1n) is 3.29. The molecule has 0 saturated heterocycles. The van der Waals surface area contributed by atoms with Gasteiger partial charge in [0.1, 0.15) is 6.23 Å². The zero-order valence-corrected chi connectivity index (χ0v) is 6.46. The monoisotopic (exact) mass is 145 g/mol. The van der Waals surface area contributed by atoms with Crippen molar-refractivity contribution >= 4 is 0 Å². The second-order valence-corrected chi connectivity index (χ2v) is 2.51. The van der Waals surface area contributed by atoms with E-state index in [-0.39, 0.29) is 0 Å². The molecule has 2 atom stereocenters. The van der Waals surface area contributed by atoms with E-state index in [4.69, 9.17) is 10.2 Å². The van der Waals surface area contributed by atoms with E-state index in [9.17, 15) is 0 Å². The normalized spacial score (nSPS) is 16.4. The van der Waals surface area contributed by atoms with Crippen LogP contribution in [0.25, 0.3) is 0 Å². The Morgan fingerprint density at radius 2 is 2.10 bits per heavy atom. The van der Waals surface area contributed by atoms with Gasteiger partial charge in [-0.1, -0.05) is 6.58 Å². The van der Waals surface area contributed by atoms with Gasteiger partial charge in [0, 0.05) is 6.54 Å². The van der Waals surface area contributed by atoms with Crippen LogP contribution in [-0.4, -0.2) is 29.1 Å². The van der Waals surface area contributed by atoms with Crippen LogP contribution < -0.4 is 5.32 Å². The van der Waals surface area contributed by atoms with Crippen molar-refractivity contribution in [2.45, 2.75) is 26.2 Å². The molecular weight excluding hydrogens is 130 g/mol. The predicted molar refractivity (Wildman–Crippen MR) is 40.5 cm³/mol. The molecule has 3 N–H and O–H groups in total. The van der Waals surface area contributed by atoms with E-state index in [0.29, 0.717) is 12.1 Å². The Morgan fingerprint density at radius 3 is 2.40 bits per heavy atom. The molecule has 0 aliphatic rings. The number of aliphatic hydroxyl groups excluding tert-OH is 2. The number of rotatable bonds is 4.